The Morgan fingerprint density at radius 1 is 1.40 bits per heavy atom. The maximum absolute atomic E-state index is 12.0. The Hall–Kier alpha value is -2.32. The molecule has 1 aromatic rings. The fourth-order valence-corrected chi connectivity index (χ4v) is 1.56. The first-order valence-electron chi connectivity index (χ1n) is 5.53. The minimum atomic E-state index is -4.32. The van der Waals surface area contributed by atoms with E-state index >= 15 is 0 Å². The summed E-state index contributed by atoms with van der Waals surface area (Å²) >= 11 is 0. The number of hydrogen-bond acceptors (Lipinski definition) is 4. The zero-order valence-corrected chi connectivity index (χ0v) is 10.1. The molecule has 0 amide bonds. The summed E-state index contributed by atoms with van der Waals surface area (Å²) < 4.78 is 35.9. The van der Waals surface area contributed by atoms with Gasteiger partial charge in [0, 0.05) is 19.0 Å². The first-order chi connectivity index (χ1) is 9.22. The Balaban J connectivity index is 2.86. The molecule has 2 N–H and O–H groups in total. The lowest BCUT2D eigenvalue weighted by atomic mass is 10.1. The van der Waals surface area contributed by atoms with E-state index in [1.165, 1.54) is 6.07 Å². The maximum Gasteiger partial charge on any atom is 0.389 e. The lowest BCUT2D eigenvalue weighted by molar-refractivity contribution is -0.384. The van der Waals surface area contributed by atoms with E-state index in [9.17, 15) is 28.1 Å². The normalized spacial score (nSPS) is 11.2. The molecule has 0 fully saturated rings. The van der Waals surface area contributed by atoms with Gasteiger partial charge in [-0.1, -0.05) is 6.07 Å². The van der Waals surface area contributed by atoms with Crippen molar-refractivity contribution in [3.8, 4) is 0 Å². The van der Waals surface area contributed by atoms with Gasteiger partial charge in [0.05, 0.1) is 10.5 Å². The Labute approximate surface area is 111 Å². The average molecular weight is 292 g/mol. The highest BCUT2D eigenvalue weighted by molar-refractivity contribution is 5.96. The van der Waals surface area contributed by atoms with Crippen molar-refractivity contribution in [2.45, 2.75) is 19.0 Å². The quantitative estimate of drug-likeness (QED) is 0.477. The van der Waals surface area contributed by atoms with Crippen LogP contribution in [0.25, 0.3) is 0 Å². The molecule has 0 aliphatic heterocycles. The van der Waals surface area contributed by atoms with E-state index in [4.69, 9.17) is 5.11 Å². The van der Waals surface area contributed by atoms with Crippen LogP contribution in [0.1, 0.15) is 23.2 Å². The number of carboxylic acids is 1. The topological polar surface area (TPSA) is 92.5 Å². The molecule has 110 valence electrons. The van der Waals surface area contributed by atoms with E-state index < -0.39 is 29.2 Å². The van der Waals surface area contributed by atoms with Crippen LogP contribution < -0.4 is 5.32 Å². The van der Waals surface area contributed by atoms with Gasteiger partial charge in [0.1, 0.15) is 5.69 Å². The van der Waals surface area contributed by atoms with Crippen molar-refractivity contribution in [1.29, 1.82) is 0 Å². The molecule has 20 heavy (non-hydrogen) atoms. The second kappa shape index (κ2) is 6.22. The first kappa shape index (κ1) is 15.7. The largest absolute Gasteiger partial charge is 0.478 e. The van der Waals surface area contributed by atoms with Crippen LogP contribution in [0.4, 0.5) is 24.5 Å². The van der Waals surface area contributed by atoms with Gasteiger partial charge in [0.2, 0.25) is 0 Å². The predicted molar refractivity (Wildman–Crippen MR) is 63.8 cm³/mol. The molecule has 0 bridgehead atoms. The molecule has 0 heterocycles. The van der Waals surface area contributed by atoms with Gasteiger partial charge < -0.3 is 10.4 Å². The number of alkyl halides is 3. The molecule has 6 nitrogen and oxygen atoms in total. The zero-order chi connectivity index (χ0) is 15.3. The SMILES string of the molecule is O=C(O)c1cccc([N+](=O)[O-])c1NCCCC(F)(F)F. The van der Waals surface area contributed by atoms with Crippen LogP contribution in [0, 0.1) is 10.1 Å². The van der Waals surface area contributed by atoms with Gasteiger partial charge in [-0.25, -0.2) is 4.79 Å². The minimum Gasteiger partial charge on any atom is -0.478 e. The van der Waals surface area contributed by atoms with Crippen LogP contribution in [0.15, 0.2) is 18.2 Å². The van der Waals surface area contributed by atoms with Gasteiger partial charge in [0.15, 0.2) is 0 Å². The highest BCUT2D eigenvalue weighted by atomic mass is 19.4. The number of benzene rings is 1. The summed E-state index contributed by atoms with van der Waals surface area (Å²) in [6, 6.07) is 3.42. The van der Waals surface area contributed by atoms with E-state index in [1.807, 2.05) is 0 Å². The summed E-state index contributed by atoms with van der Waals surface area (Å²) in [7, 11) is 0. The standard InChI is InChI=1S/C11H11F3N2O4/c12-11(13,14)5-2-6-15-9-7(10(17)18)3-1-4-8(9)16(19)20/h1,3-4,15H,2,5-6H2,(H,17,18). The van der Waals surface area contributed by atoms with Gasteiger partial charge >= 0.3 is 12.1 Å². The third kappa shape index (κ3) is 4.41. The molecule has 0 saturated heterocycles. The van der Waals surface area contributed by atoms with Crippen molar-refractivity contribution in [1.82, 2.24) is 0 Å². The molecule has 0 radical (unpaired) electrons. The third-order valence-electron chi connectivity index (χ3n) is 2.41. The number of carbonyl (C=O) groups is 1. The van der Waals surface area contributed by atoms with Gasteiger partial charge in [-0.05, 0) is 12.5 Å². The number of carboxylic acid groups (broad SMARTS) is 1. The highest BCUT2D eigenvalue weighted by Crippen LogP contribution is 2.29. The molecule has 9 heteroatoms. The highest BCUT2D eigenvalue weighted by Gasteiger charge is 2.26. The van der Waals surface area contributed by atoms with Gasteiger partial charge in [-0.15, -0.1) is 0 Å². The van der Waals surface area contributed by atoms with Crippen LogP contribution in [-0.4, -0.2) is 28.7 Å². The predicted octanol–water partition coefficient (Wildman–Crippen LogP) is 3.05. The Morgan fingerprint density at radius 3 is 2.55 bits per heavy atom. The molecule has 1 aromatic carbocycles. The first-order valence-corrected chi connectivity index (χ1v) is 5.53. The fraction of sp³-hybridized carbons (Fsp3) is 0.364. The second-order valence-electron chi connectivity index (χ2n) is 3.91. The number of rotatable bonds is 6. The molecule has 0 aliphatic carbocycles. The van der Waals surface area contributed by atoms with Crippen LogP contribution in [0.5, 0.6) is 0 Å². The number of nitro groups is 1. The number of nitrogens with one attached hydrogen (secondary N) is 1. The van der Waals surface area contributed by atoms with Gasteiger partial charge in [-0.3, -0.25) is 10.1 Å². The average Bonchev–Trinajstić information content (AvgIpc) is 2.32. The monoisotopic (exact) mass is 292 g/mol. The molecule has 0 spiro atoms. The van der Waals surface area contributed by atoms with Crippen molar-refractivity contribution in [3.05, 3.63) is 33.9 Å². The van der Waals surface area contributed by atoms with Crippen molar-refractivity contribution in [2.24, 2.45) is 0 Å². The van der Waals surface area contributed by atoms with Crippen molar-refractivity contribution in [3.63, 3.8) is 0 Å². The molecule has 0 aromatic heterocycles. The third-order valence-corrected chi connectivity index (χ3v) is 2.41. The maximum atomic E-state index is 12.0. The van der Waals surface area contributed by atoms with Gasteiger partial charge in [0.25, 0.3) is 5.69 Å². The summed E-state index contributed by atoms with van der Waals surface area (Å²) in [5.74, 6) is -1.40. The molecule has 0 aliphatic rings. The van der Waals surface area contributed by atoms with Crippen LogP contribution in [0.3, 0.4) is 0 Å². The second-order valence-corrected chi connectivity index (χ2v) is 3.91. The summed E-state index contributed by atoms with van der Waals surface area (Å²) in [5, 5.41) is 22.1. The summed E-state index contributed by atoms with van der Waals surface area (Å²) in [6.07, 6.45) is -5.68. The molecular weight excluding hydrogens is 281 g/mol. The van der Waals surface area contributed by atoms with E-state index in [0.717, 1.165) is 12.1 Å². The minimum absolute atomic E-state index is 0.218. The number of nitrogens with zero attached hydrogens (tertiary/aromatic N) is 1. The van der Waals surface area contributed by atoms with Crippen LogP contribution in [0.2, 0.25) is 0 Å². The lowest BCUT2D eigenvalue weighted by Gasteiger charge is -2.11. The Morgan fingerprint density at radius 2 is 2.05 bits per heavy atom. The number of hydrogen-bond donors (Lipinski definition) is 2. The van der Waals surface area contributed by atoms with Crippen LogP contribution in [-0.2, 0) is 0 Å². The van der Waals surface area contributed by atoms with Crippen LogP contribution >= 0.6 is 0 Å². The van der Waals surface area contributed by atoms with E-state index in [-0.39, 0.29) is 24.2 Å². The lowest BCUT2D eigenvalue weighted by Crippen LogP contribution is -2.13. The fourth-order valence-electron chi connectivity index (χ4n) is 1.56. The number of aromatic carboxylic acids is 1. The van der Waals surface area contributed by atoms with Crippen molar-refractivity contribution in [2.75, 3.05) is 11.9 Å². The molecule has 0 saturated carbocycles. The van der Waals surface area contributed by atoms with Crippen molar-refractivity contribution < 1.29 is 28.0 Å². The number of para-hydroxylation sites is 1. The van der Waals surface area contributed by atoms with E-state index in [1.54, 1.807) is 0 Å². The number of nitro benzene ring substituents is 1. The van der Waals surface area contributed by atoms with Gasteiger partial charge in [-0.2, -0.15) is 13.2 Å². The smallest absolute Gasteiger partial charge is 0.389 e. The van der Waals surface area contributed by atoms with Crippen molar-refractivity contribution >= 4 is 17.3 Å². The molecule has 1 rings (SSSR count). The number of anilines is 1. The number of halogens is 3. The van der Waals surface area contributed by atoms with E-state index in [2.05, 4.69) is 5.32 Å². The summed E-state index contributed by atoms with van der Waals surface area (Å²) in [6.45, 7) is -0.218. The Bertz CT molecular complexity index is 485. The van der Waals surface area contributed by atoms with E-state index in [0.29, 0.717) is 0 Å². The molecule has 0 atom stereocenters. The summed E-state index contributed by atoms with van der Waals surface area (Å²) in [4.78, 5) is 20.9. The zero-order valence-electron chi connectivity index (χ0n) is 10.1. The molecular formula is C11H11F3N2O4. The summed E-state index contributed by atoms with van der Waals surface area (Å²) in [5.41, 5.74) is -1.13. The molecule has 0 unspecified atom stereocenters. The Kier molecular flexibility index (Phi) is 4.89.